The Bertz CT molecular complexity index is 1250. The Hall–Kier alpha value is -3.04. The predicted octanol–water partition coefficient (Wildman–Crippen LogP) is 3.31. The lowest BCUT2D eigenvalue weighted by molar-refractivity contribution is -0.151. The van der Waals surface area contributed by atoms with Crippen molar-refractivity contribution >= 4 is 56.1 Å². The molecule has 2 aromatic carbocycles. The number of allylic oxidation sites excluding steroid dienone is 1. The molecule has 3 rings (SSSR count). The van der Waals surface area contributed by atoms with Crippen molar-refractivity contribution in [2.45, 2.75) is 30.0 Å². The number of carbonyl (C=O) groups is 3. The lowest BCUT2D eigenvalue weighted by Crippen LogP contribution is -2.47. The molecule has 10 heteroatoms. The number of fused-ring (bicyclic) bond motifs is 1. The number of benzene rings is 2. The van der Waals surface area contributed by atoms with Crippen molar-refractivity contribution < 1.29 is 32.3 Å². The van der Waals surface area contributed by atoms with Gasteiger partial charge >= 0.3 is 11.9 Å². The van der Waals surface area contributed by atoms with Gasteiger partial charge < -0.3 is 9.47 Å². The van der Waals surface area contributed by atoms with E-state index in [2.05, 4.69) is 4.99 Å². The number of carbonyl (C=O) groups excluding carboxylic acids is 3. The summed E-state index contributed by atoms with van der Waals surface area (Å²) in [5.41, 5.74) is 0. The minimum Gasteiger partial charge on any atom is -0.466 e. The van der Waals surface area contributed by atoms with Crippen molar-refractivity contribution in [3.05, 3.63) is 53.6 Å². The van der Waals surface area contributed by atoms with Crippen molar-refractivity contribution in [3.8, 4) is 0 Å². The average Bonchev–Trinajstić information content (AvgIpc) is 3.27. The first kappa shape index (κ1) is 24.6. The number of halogens is 1. The van der Waals surface area contributed by atoms with Crippen LogP contribution in [0.5, 0.6) is 0 Å². The molecule has 8 nitrogen and oxygen atoms in total. The van der Waals surface area contributed by atoms with E-state index in [1.54, 1.807) is 31.2 Å². The van der Waals surface area contributed by atoms with Gasteiger partial charge in [0.2, 0.25) is 9.84 Å². The quantitative estimate of drug-likeness (QED) is 0.494. The summed E-state index contributed by atoms with van der Waals surface area (Å²) in [5, 5.41) is 1.87. The molecule has 0 fully saturated rings. The summed E-state index contributed by atoms with van der Waals surface area (Å²) >= 11 is 6.01. The predicted molar refractivity (Wildman–Crippen MR) is 123 cm³/mol. The SMILES string of the molecule is CCOC(=O)C(CC(=O)COC(C)=O)C1(S(=O)(=O)c2ccc3cc(Cl)ccc3c2)C=CC=N1. The molecule has 0 N–H and O–H groups in total. The Kier molecular flexibility index (Phi) is 7.34. The van der Waals surface area contributed by atoms with E-state index in [9.17, 15) is 22.8 Å². The number of nitrogens with zero attached hydrogens (tertiary/aromatic N) is 1. The average molecular weight is 492 g/mol. The molecule has 0 bridgehead atoms. The van der Waals surface area contributed by atoms with E-state index >= 15 is 0 Å². The Morgan fingerprint density at radius 2 is 1.79 bits per heavy atom. The Morgan fingerprint density at radius 1 is 1.09 bits per heavy atom. The van der Waals surface area contributed by atoms with Crippen LogP contribution in [0.3, 0.4) is 0 Å². The first-order valence-corrected chi connectivity index (χ1v) is 12.0. The van der Waals surface area contributed by atoms with Crippen LogP contribution in [0.15, 0.2) is 58.4 Å². The van der Waals surface area contributed by atoms with Gasteiger partial charge in [-0.25, -0.2) is 8.42 Å². The molecular weight excluding hydrogens is 470 g/mol. The van der Waals surface area contributed by atoms with Crippen LogP contribution < -0.4 is 0 Å². The lowest BCUT2D eigenvalue weighted by atomic mass is 9.94. The fourth-order valence-electron chi connectivity index (χ4n) is 3.60. The van der Waals surface area contributed by atoms with Gasteiger partial charge in [-0.3, -0.25) is 19.4 Å². The van der Waals surface area contributed by atoms with Gasteiger partial charge in [0.15, 0.2) is 10.7 Å². The number of hydrogen-bond acceptors (Lipinski definition) is 8. The zero-order valence-electron chi connectivity index (χ0n) is 18.0. The van der Waals surface area contributed by atoms with Crippen LogP contribution in [-0.2, 0) is 33.7 Å². The van der Waals surface area contributed by atoms with Crippen LogP contribution in [0.2, 0.25) is 5.02 Å². The van der Waals surface area contributed by atoms with E-state index in [-0.39, 0.29) is 11.5 Å². The van der Waals surface area contributed by atoms with Crippen LogP contribution in [-0.4, -0.2) is 50.4 Å². The van der Waals surface area contributed by atoms with Gasteiger partial charge in [-0.15, -0.1) is 0 Å². The molecule has 2 unspecified atom stereocenters. The number of sulfone groups is 1. The van der Waals surface area contributed by atoms with Crippen LogP contribution in [0.4, 0.5) is 0 Å². The first-order chi connectivity index (χ1) is 15.6. The lowest BCUT2D eigenvalue weighted by Gasteiger charge is -2.31. The first-order valence-electron chi connectivity index (χ1n) is 10.1. The number of Topliss-reactive ketones (excluding diaryl/α,β-unsaturated/α-hetero) is 1. The maximum atomic E-state index is 13.9. The summed E-state index contributed by atoms with van der Waals surface area (Å²) in [7, 11) is -4.32. The number of ether oxygens (including phenoxy) is 2. The summed E-state index contributed by atoms with van der Waals surface area (Å²) in [5.74, 6) is -3.69. The number of rotatable bonds is 9. The number of ketones is 1. The molecule has 174 valence electrons. The summed E-state index contributed by atoms with van der Waals surface area (Å²) in [6.45, 7) is 2.09. The number of aliphatic imine (C=N–C) groups is 1. The molecule has 1 aliphatic rings. The number of hydrogen-bond donors (Lipinski definition) is 0. The van der Waals surface area contributed by atoms with Crippen molar-refractivity contribution in [3.63, 3.8) is 0 Å². The van der Waals surface area contributed by atoms with Crippen molar-refractivity contribution in [1.29, 1.82) is 0 Å². The zero-order valence-corrected chi connectivity index (χ0v) is 19.6. The number of esters is 2. The molecular formula is C23H22ClNO7S. The van der Waals surface area contributed by atoms with Crippen LogP contribution >= 0.6 is 11.6 Å². The topological polar surface area (TPSA) is 116 Å². The van der Waals surface area contributed by atoms with E-state index in [0.717, 1.165) is 12.3 Å². The summed E-state index contributed by atoms with van der Waals surface area (Å²) in [6.07, 6.45) is 3.40. The molecule has 1 aliphatic heterocycles. The van der Waals surface area contributed by atoms with E-state index in [1.807, 2.05) is 0 Å². The van der Waals surface area contributed by atoms with Gasteiger partial charge in [0, 0.05) is 24.6 Å². The molecule has 0 saturated carbocycles. The molecule has 33 heavy (non-hydrogen) atoms. The van der Waals surface area contributed by atoms with Gasteiger partial charge in [0.25, 0.3) is 0 Å². The normalized spacial score (nSPS) is 18.3. The van der Waals surface area contributed by atoms with Gasteiger partial charge in [-0.2, -0.15) is 0 Å². The van der Waals surface area contributed by atoms with E-state index < -0.39 is 51.4 Å². The minimum atomic E-state index is -4.32. The van der Waals surface area contributed by atoms with Gasteiger partial charge in [-0.05, 0) is 54.1 Å². The van der Waals surface area contributed by atoms with Crippen molar-refractivity contribution in [2.24, 2.45) is 10.9 Å². The zero-order chi connectivity index (χ0) is 24.2. The summed E-state index contributed by atoms with van der Waals surface area (Å²) in [6, 6.07) is 9.50. The largest absolute Gasteiger partial charge is 0.466 e. The molecule has 2 aromatic rings. The Morgan fingerprint density at radius 3 is 2.42 bits per heavy atom. The smallest absolute Gasteiger partial charge is 0.313 e. The molecule has 1 heterocycles. The summed E-state index contributed by atoms with van der Waals surface area (Å²) < 4.78 is 37.5. The van der Waals surface area contributed by atoms with Crippen LogP contribution in [0, 0.1) is 5.92 Å². The monoisotopic (exact) mass is 491 g/mol. The maximum absolute atomic E-state index is 13.9. The molecule has 0 aliphatic carbocycles. The molecule has 0 spiro atoms. The molecule has 0 amide bonds. The maximum Gasteiger partial charge on any atom is 0.313 e. The third kappa shape index (κ3) is 4.99. The van der Waals surface area contributed by atoms with Crippen molar-refractivity contribution in [2.75, 3.05) is 13.2 Å². The third-order valence-electron chi connectivity index (χ3n) is 5.15. The van der Waals surface area contributed by atoms with Gasteiger partial charge in [-0.1, -0.05) is 23.7 Å². The third-order valence-corrected chi connectivity index (χ3v) is 7.65. The highest BCUT2D eigenvalue weighted by molar-refractivity contribution is 7.93. The second kappa shape index (κ2) is 9.84. The highest BCUT2D eigenvalue weighted by atomic mass is 35.5. The van der Waals surface area contributed by atoms with Gasteiger partial charge in [0.05, 0.1) is 11.5 Å². The van der Waals surface area contributed by atoms with Crippen molar-refractivity contribution in [1.82, 2.24) is 0 Å². The Balaban J connectivity index is 2.08. The molecule has 2 atom stereocenters. The highest BCUT2D eigenvalue weighted by Gasteiger charge is 2.54. The van der Waals surface area contributed by atoms with Crippen LogP contribution in [0.25, 0.3) is 10.8 Å². The van der Waals surface area contributed by atoms with Gasteiger partial charge in [0.1, 0.15) is 12.5 Å². The molecule has 0 saturated heterocycles. The highest BCUT2D eigenvalue weighted by Crippen LogP contribution is 2.41. The molecule has 0 radical (unpaired) electrons. The Labute approximate surface area is 196 Å². The van der Waals surface area contributed by atoms with E-state index in [1.165, 1.54) is 30.5 Å². The van der Waals surface area contributed by atoms with Crippen LogP contribution in [0.1, 0.15) is 20.3 Å². The standard InChI is InChI=1S/C23H22ClNO7S/c1-3-31-22(28)21(13-19(27)14-32-15(2)26)23(9-4-10-25-23)33(29,30)20-8-6-16-11-18(24)7-5-17(16)12-20/h4-12,21H,3,13-14H2,1-2H3. The fraction of sp³-hybridized carbons (Fsp3) is 0.304. The second-order valence-corrected chi connectivity index (χ2v) is 9.94. The van der Waals surface area contributed by atoms with E-state index in [4.69, 9.17) is 21.1 Å². The second-order valence-electron chi connectivity index (χ2n) is 7.37. The molecule has 0 aromatic heterocycles. The fourth-order valence-corrected chi connectivity index (χ4v) is 5.70. The summed E-state index contributed by atoms with van der Waals surface area (Å²) in [4.78, 5) is 38.4. The minimum absolute atomic E-state index is 0.0201. The van der Waals surface area contributed by atoms with E-state index in [0.29, 0.717) is 10.4 Å².